The molecule has 0 saturated carbocycles. The van der Waals surface area contributed by atoms with Gasteiger partial charge >= 0.3 is 0 Å². The van der Waals surface area contributed by atoms with Crippen LogP contribution in [-0.2, 0) is 5.41 Å². The van der Waals surface area contributed by atoms with Crippen molar-refractivity contribution in [3.63, 3.8) is 0 Å². The maximum atomic E-state index is 2.51. The second-order valence-corrected chi connectivity index (χ2v) is 17.7. The molecular weight excluding hydrogens is 785 g/mol. The normalized spacial score (nSPS) is 12.6. The van der Waals surface area contributed by atoms with Gasteiger partial charge in [0.1, 0.15) is 0 Å². The quantitative estimate of drug-likeness (QED) is 0.148. The van der Waals surface area contributed by atoms with Crippen molar-refractivity contribution in [3.8, 4) is 61.3 Å². The van der Waals surface area contributed by atoms with Gasteiger partial charge in [-0.25, -0.2) is 0 Å². The fraction of sp³-hybridized carbons (Fsp3) is 0.0476. The first-order valence-corrected chi connectivity index (χ1v) is 22.6. The summed E-state index contributed by atoms with van der Waals surface area (Å²) in [6.45, 7) is 4.76. The molecule has 1 aliphatic carbocycles. The van der Waals surface area contributed by atoms with E-state index in [-0.39, 0.29) is 5.41 Å². The summed E-state index contributed by atoms with van der Waals surface area (Å²) >= 11 is 0. The molecule has 0 aliphatic heterocycles. The van der Waals surface area contributed by atoms with E-state index in [0.29, 0.717) is 0 Å². The zero-order chi connectivity index (χ0) is 43.5. The Hall–Kier alpha value is -8.20. The fourth-order valence-electron chi connectivity index (χ4n) is 10.5. The summed E-state index contributed by atoms with van der Waals surface area (Å²) < 4.78 is 2.51. The van der Waals surface area contributed by atoms with Crippen LogP contribution in [0.1, 0.15) is 25.0 Å². The first-order valence-electron chi connectivity index (χ1n) is 22.6. The van der Waals surface area contributed by atoms with E-state index in [0.717, 1.165) is 22.6 Å². The van der Waals surface area contributed by atoms with Gasteiger partial charge in [-0.3, -0.25) is 0 Å². The highest BCUT2D eigenvalue weighted by Crippen LogP contribution is 2.52. The predicted octanol–water partition coefficient (Wildman–Crippen LogP) is 17.2. The molecule has 1 aliphatic rings. The number of hydrogen-bond acceptors (Lipinski definition) is 1. The zero-order valence-electron chi connectivity index (χ0n) is 36.5. The Balaban J connectivity index is 0.923. The van der Waals surface area contributed by atoms with E-state index in [2.05, 4.69) is 266 Å². The molecule has 10 aromatic carbocycles. The Kier molecular flexibility index (Phi) is 9.21. The summed E-state index contributed by atoms with van der Waals surface area (Å²) in [5.74, 6) is 0. The van der Waals surface area contributed by atoms with Gasteiger partial charge in [0.15, 0.2) is 0 Å². The minimum absolute atomic E-state index is 0.143. The van der Waals surface area contributed by atoms with Gasteiger partial charge in [-0.05, 0) is 127 Å². The summed E-state index contributed by atoms with van der Waals surface area (Å²) in [4.78, 5) is 2.35. The van der Waals surface area contributed by atoms with Gasteiger partial charge in [-0.15, -0.1) is 0 Å². The van der Waals surface area contributed by atoms with Crippen molar-refractivity contribution in [3.05, 3.63) is 254 Å². The Morgan fingerprint density at radius 3 is 1.60 bits per heavy atom. The molecule has 0 amide bonds. The third-order valence-electron chi connectivity index (χ3n) is 13.6. The molecule has 1 heterocycles. The van der Waals surface area contributed by atoms with Gasteiger partial charge < -0.3 is 9.47 Å². The van der Waals surface area contributed by atoms with E-state index in [4.69, 9.17) is 0 Å². The van der Waals surface area contributed by atoms with E-state index in [1.165, 1.54) is 88.7 Å². The molecule has 0 unspecified atom stereocenters. The lowest BCUT2D eigenvalue weighted by atomic mass is 9.81. The molecule has 12 rings (SSSR count). The van der Waals surface area contributed by atoms with Crippen LogP contribution in [0, 0.1) is 0 Å². The van der Waals surface area contributed by atoms with Gasteiger partial charge in [0.2, 0.25) is 0 Å². The van der Waals surface area contributed by atoms with Crippen molar-refractivity contribution in [1.29, 1.82) is 0 Å². The second-order valence-electron chi connectivity index (χ2n) is 17.7. The summed E-state index contributed by atoms with van der Waals surface area (Å²) in [6.07, 6.45) is 0. The van der Waals surface area contributed by atoms with Crippen LogP contribution in [0.2, 0.25) is 0 Å². The molecule has 11 aromatic rings. The monoisotopic (exact) mass is 830 g/mol. The molecular formula is C63H46N2. The maximum absolute atomic E-state index is 2.51. The van der Waals surface area contributed by atoms with E-state index in [1.54, 1.807) is 0 Å². The SMILES string of the molecule is CC1(C)c2ccccc2-c2cccc(-n3c4ccccc4c4c(-c5cccc(-c6cccc(N(c7ccccc7)c7ccc(-c8ccc(-c9ccccc9)cc8)cc7)c6)c5)cccc43)c21. The van der Waals surface area contributed by atoms with Crippen LogP contribution in [-0.4, -0.2) is 4.57 Å². The van der Waals surface area contributed by atoms with Crippen LogP contribution < -0.4 is 4.90 Å². The lowest BCUT2D eigenvalue weighted by Crippen LogP contribution is -2.17. The van der Waals surface area contributed by atoms with Crippen molar-refractivity contribution in [2.75, 3.05) is 4.90 Å². The smallest absolute Gasteiger partial charge is 0.0547 e. The lowest BCUT2D eigenvalue weighted by molar-refractivity contribution is 0.656. The molecule has 1 aromatic heterocycles. The minimum atomic E-state index is -0.143. The van der Waals surface area contributed by atoms with Crippen molar-refractivity contribution in [2.24, 2.45) is 0 Å². The van der Waals surface area contributed by atoms with Gasteiger partial charge in [0.05, 0.1) is 16.7 Å². The van der Waals surface area contributed by atoms with Crippen molar-refractivity contribution in [1.82, 2.24) is 4.57 Å². The molecule has 2 heteroatoms. The summed E-state index contributed by atoms with van der Waals surface area (Å²) in [5.41, 5.74) is 21.9. The molecule has 0 atom stereocenters. The molecule has 0 N–H and O–H groups in total. The highest BCUT2D eigenvalue weighted by atomic mass is 15.1. The van der Waals surface area contributed by atoms with Crippen LogP contribution in [0.4, 0.5) is 17.1 Å². The molecule has 308 valence electrons. The van der Waals surface area contributed by atoms with Gasteiger partial charge in [-0.1, -0.05) is 196 Å². The first kappa shape index (κ1) is 38.5. The molecule has 0 saturated heterocycles. The predicted molar refractivity (Wildman–Crippen MR) is 275 cm³/mol. The van der Waals surface area contributed by atoms with E-state index in [1.807, 2.05) is 0 Å². The second kappa shape index (κ2) is 15.6. The molecule has 65 heavy (non-hydrogen) atoms. The summed E-state index contributed by atoms with van der Waals surface area (Å²) in [5, 5.41) is 2.52. The van der Waals surface area contributed by atoms with Gasteiger partial charge in [0, 0.05) is 33.2 Å². The van der Waals surface area contributed by atoms with Crippen LogP contribution in [0.25, 0.3) is 83.1 Å². The number of nitrogens with zero attached hydrogens (tertiary/aromatic N) is 2. The van der Waals surface area contributed by atoms with E-state index < -0.39 is 0 Å². The number of hydrogen-bond donors (Lipinski definition) is 0. The van der Waals surface area contributed by atoms with Crippen LogP contribution in [0.3, 0.4) is 0 Å². The number of fused-ring (bicyclic) bond motifs is 6. The van der Waals surface area contributed by atoms with Crippen LogP contribution >= 0.6 is 0 Å². The van der Waals surface area contributed by atoms with Crippen molar-refractivity contribution < 1.29 is 0 Å². The number of rotatable bonds is 8. The van der Waals surface area contributed by atoms with Gasteiger partial charge in [0.25, 0.3) is 0 Å². The van der Waals surface area contributed by atoms with Crippen LogP contribution in [0.5, 0.6) is 0 Å². The average molecular weight is 831 g/mol. The molecule has 0 bridgehead atoms. The number of anilines is 3. The standard InChI is InChI=1S/C63H46N2/c1-63(2)57-29-11-9-25-54(57)55-28-16-32-60(62(55)63)65-58-30-12-10-26-56(58)61-53(27-15-31-59(61)65)49-21-13-19-47(41-49)48-20-14-24-52(42-48)64(50-22-7-4-8-23-50)51-39-37-46(38-40-51)45-35-33-44(34-36-45)43-17-5-3-6-18-43/h3-42H,1-2H3. The van der Waals surface area contributed by atoms with Crippen molar-refractivity contribution >= 4 is 38.9 Å². The van der Waals surface area contributed by atoms with Crippen molar-refractivity contribution in [2.45, 2.75) is 19.3 Å². The Labute approximate surface area is 381 Å². The molecule has 0 radical (unpaired) electrons. The Morgan fingerprint density at radius 2 is 0.831 bits per heavy atom. The van der Waals surface area contributed by atoms with Crippen LogP contribution in [0.15, 0.2) is 243 Å². The number of aromatic nitrogens is 1. The molecule has 0 spiro atoms. The largest absolute Gasteiger partial charge is 0.310 e. The Morgan fingerprint density at radius 1 is 0.338 bits per heavy atom. The number of para-hydroxylation sites is 2. The lowest BCUT2D eigenvalue weighted by Gasteiger charge is -2.26. The maximum Gasteiger partial charge on any atom is 0.0547 e. The fourth-order valence-corrected chi connectivity index (χ4v) is 10.5. The average Bonchev–Trinajstić information content (AvgIpc) is 3.83. The Bertz CT molecular complexity index is 3540. The third-order valence-corrected chi connectivity index (χ3v) is 13.6. The zero-order valence-corrected chi connectivity index (χ0v) is 36.5. The highest BCUT2D eigenvalue weighted by Gasteiger charge is 2.38. The topological polar surface area (TPSA) is 8.17 Å². The molecule has 0 fully saturated rings. The number of benzene rings is 10. The van der Waals surface area contributed by atoms with E-state index in [9.17, 15) is 0 Å². The minimum Gasteiger partial charge on any atom is -0.310 e. The molecule has 2 nitrogen and oxygen atoms in total. The summed E-state index contributed by atoms with van der Waals surface area (Å²) in [7, 11) is 0. The summed E-state index contributed by atoms with van der Waals surface area (Å²) in [6, 6.07) is 88.6. The van der Waals surface area contributed by atoms with E-state index >= 15 is 0 Å². The first-order chi connectivity index (χ1) is 32.0. The van der Waals surface area contributed by atoms with Gasteiger partial charge in [-0.2, -0.15) is 0 Å². The third kappa shape index (κ3) is 6.49. The highest BCUT2D eigenvalue weighted by molar-refractivity contribution is 6.16.